The molecule has 0 aliphatic carbocycles. The van der Waals surface area contributed by atoms with Gasteiger partial charge in [-0.2, -0.15) is 0 Å². The van der Waals surface area contributed by atoms with Crippen LogP contribution >= 0.6 is 11.8 Å². The van der Waals surface area contributed by atoms with Crippen molar-refractivity contribution in [2.75, 3.05) is 12.8 Å². The highest BCUT2D eigenvalue weighted by atomic mass is 32.2. The molecule has 1 atom stereocenters. The van der Waals surface area contributed by atoms with Gasteiger partial charge in [-0.05, 0) is 31.1 Å². The van der Waals surface area contributed by atoms with E-state index in [0.29, 0.717) is 24.8 Å². The molecule has 1 unspecified atom stereocenters. The zero-order chi connectivity index (χ0) is 9.56. The SMILES string of the molecule is CSC(=O)CC(CN)CC(C)C. The molecule has 12 heavy (non-hydrogen) atoms. The Labute approximate surface area is 79.3 Å². The van der Waals surface area contributed by atoms with Crippen LogP contribution in [-0.4, -0.2) is 17.9 Å². The van der Waals surface area contributed by atoms with E-state index in [4.69, 9.17) is 5.73 Å². The zero-order valence-corrected chi connectivity index (χ0v) is 8.99. The van der Waals surface area contributed by atoms with Gasteiger partial charge in [0.1, 0.15) is 0 Å². The molecular formula is C9H19NOS. The zero-order valence-electron chi connectivity index (χ0n) is 8.17. The van der Waals surface area contributed by atoms with Crippen LogP contribution in [0, 0.1) is 11.8 Å². The van der Waals surface area contributed by atoms with Crippen molar-refractivity contribution >= 4 is 16.9 Å². The van der Waals surface area contributed by atoms with Crippen LogP contribution in [0.4, 0.5) is 0 Å². The van der Waals surface area contributed by atoms with E-state index in [0.717, 1.165) is 6.42 Å². The fraction of sp³-hybridized carbons (Fsp3) is 0.889. The fourth-order valence-corrected chi connectivity index (χ4v) is 1.65. The molecule has 0 aromatic carbocycles. The van der Waals surface area contributed by atoms with E-state index in [1.165, 1.54) is 11.8 Å². The van der Waals surface area contributed by atoms with Crippen LogP contribution in [0.25, 0.3) is 0 Å². The molecule has 0 bridgehead atoms. The standard InChI is InChI=1S/C9H19NOS/c1-7(2)4-8(6-10)5-9(11)12-3/h7-8H,4-6,10H2,1-3H3. The quantitative estimate of drug-likeness (QED) is 0.718. The van der Waals surface area contributed by atoms with Gasteiger partial charge < -0.3 is 5.73 Å². The Morgan fingerprint density at radius 3 is 2.42 bits per heavy atom. The van der Waals surface area contributed by atoms with Crippen LogP contribution in [0.5, 0.6) is 0 Å². The topological polar surface area (TPSA) is 43.1 Å². The van der Waals surface area contributed by atoms with Crippen LogP contribution in [0.2, 0.25) is 0 Å². The molecule has 2 N–H and O–H groups in total. The first-order chi connectivity index (χ1) is 5.60. The number of nitrogens with two attached hydrogens (primary N) is 1. The number of carbonyl (C=O) groups is 1. The van der Waals surface area contributed by atoms with E-state index in [9.17, 15) is 4.79 Å². The van der Waals surface area contributed by atoms with E-state index >= 15 is 0 Å². The lowest BCUT2D eigenvalue weighted by Crippen LogP contribution is -2.18. The maximum Gasteiger partial charge on any atom is 0.188 e. The first-order valence-corrected chi connectivity index (χ1v) is 5.59. The molecule has 0 saturated heterocycles. The second-order valence-electron chi connectivity index (χ2n) is 3.51. The number of carbonyl (C=O) groups excluding carboxylic acids is 1. The summed E-state index contributed by atoms with van der Waals surface area (Å²) in [7, 11) is 0. The summed E-state index contributed by atoms with van der Waals surface area (Å²) in [6.07, 6.45) is 3.52. The Balaban J connectivity index is 3.74. The molecule has 0 aliphatic rings. The summed E-state index contributed by atoms with van der Waals surface area (Å²) in [6, 6.07) is 0. The molecule has 0 saturated carbocycles. The van der Waals surface area contributed by atoms with Gasteiger partial charge in [-0.3, -0.25) is 4.79 Å². The second kappa shape index (κ2) is 6.49. The summed E-state index contributed by atoms with van der Waals surface area (Å²) in [6.45, 7) is 4.95. The van der Waals surface area contributed by atoms with Crippen molar-refractivity contribution in [2.24, 2.45) is 17.6 Å². The highest BCUT2D eigenvalue weighted by molar-refractivity contribution is 8.13. The Morgan fingerprint density at radius 1 is 1.50 bits per heavy atom. The van der Waals surface area contributed by atoms with Crippen LogP contribution in [0.3, 0.4) is 0 Å². The predicted octanol–water partition coefficient (Wildman–Crippen LogP) is 1.89. The van der Waals surface area contributed by atoms with Crippen molar-refractivity contribution in [2.45, 2.75) is 26.7 Å². The van der Waals surface area contributed by atoms with E-state index in [1.807, 2.05) is 6.26 Å². The average molecular weight is 189 g/mol. The summed E-state index contributed by atoms with van der Waals surface area (Å²) in [4.78, 5) is 11.1. The van der Waals surface area contributed by atoms with Crippen LogP contribution in [0.1, 0.15) is 26.7 Å². The van der Waals surface area contributed by atoms with Gasteiger partial charge in [-0.1, -0.05) is 25.6 Å². The summed E-state index contributed by atoms with van der Waals surface area (Å²) in [5.74, 6) is 1.01. The van der Waals surface area contributed by atoms with Crippen molar-refractivity contribution in [1.29, 1.82) is 0 Å². The van der Waals surface area contributed by atoms with Crippen molar-refractivity contribution in [3.8, 4) is 0 Å². The predicted molar refractivity (Wildman–Crippen MR) is 55.1 cm³/mol. The Hall–Kier alpha value is -0.0200. The number of rotatable bonds is 5. The van der Waals surface area contributed by atoms with Gasteiger partial charge in [-0.15, -0.1) is 0 Å². The minimum Gasteiger partial charge on any atom is -0.330 e. The maximum absolute atomic E-state index is 11.1. The summed E-state index contributed by atoms with van der Waals surface area (Å²) >= 11 is 1.30. The van der Waals surface area contributed by atoms with E-state index in [2.05, 4.69) is 13.8 Å². The van der Waals surface area contributed by atoms with Gasteiger partial charge in [-0.25, -0.2) is 0 Å². The van der Waals surface area contributed by atoms with Gasteiger partial charge in [0.15, 0.2) is 5.12 Å². The lowest BCUT2D eigenvalue weighted by Gasteiger charge is -2.15. The smallest absolute Gasteiger partial charge is 0.188 e. The van der Waals surface area contributed by atoms with Gasteiger partial charge >= 0.3 is 0 Å². The minimum atomic E-state index is 0.256. The molecule has 0 heterocycles. The largest absolute Gasteiger partial charge is 0.330 e. The first-order valence-electron chi connectivity index (χ1n) is 4.37. The van der Waals surface area contributed by atoms with Crippen molar-refractivity contribution in [1.82, 2.24) is 0 Å². The fourth-order valence-electron chi connectivity index (χ4n) is 1.25. The second-order valence-corrected chi connectivity index (χ2v) is 4.38. The highest BCUT2D eigenvalue weighted by Crippen LogP contribution is 2.16. The number of hydrogen-bond acceptors (Lipinski definition) is 3. The molecule has 0 aliphatic heterocycles. The summed E-state index contributed by atoms with van der Waals surface area (Å²) < 4.78 is 0. The summed E-state index contributed by atoms with van der Waals surface area (Å²) in [5.41, 5.74) is 5.56. The van der Waals surface area contributed by atoms with Crippen molar-refractivity contribution in [3.05, 3.63) is 0 Å². The highest BCUT2D eigenvalue weighted by Gasteiger charge is 2.12. The molecular weight excluding hydrogens is 170 g/mol. The van der Waals surface area contributed by atoms with E-state index in [1.54, 1.807) is 0 Å². The Morgan fingerprint density at radius 2 is 2.08 bits per heavy atom. The molecule has 3 heteroatoms. The molecule has 0 rings (SSSR count). The molecule has 0 aromatic heterocycles. The lowest BCUT2D eigenvalue weighted by molar-refractivity contribution is -0.111. The molecule has 72 valence electrons. The third kappa shape index (κ3) is 5.61. The van der Waals surface area contributed by atoms with E-state index < -0.39 is 0 Å². The summed E-state index contributed by atoms with van der Waals surface area (Å²) in [5, 5.41) is 0.256. The molecule has 0 radical (unpaired) electrons. The van der Waals surface area contributed by atoms with Crippen LogP contribution in [-0.2, 0) is 4.79 Å². The van der Waals surface area contributed by atoms with Gasteiger partial charge in [0.05, 0.1) is 0 Å². The van der Waals surface area contributed by atoms with Gasteiger partial charge in [0, 0.05) is 6.42 Å². The first kappa shape index (κ1) is 12.0. The molecule has 0 aromatic rings. The van der Waals surface area contributed by atoms with Crippen molar-refractivity contribution in [3.63, 3.8) is 0 Å². The van der Waals surface area contributed by atoms with Crippen molar-refractivity contribution < 1.29 is 4.79 Å². The van der Waals surface area contributed by atoms with Crippen LogP contribution in [0.15, 0.2) is 0 Å². The number of hydrogen-bond donors (Lipinski definition) is 1. The number of thioether (sulfide) groups is 1. The van der Waals surface area contributed by atoms with Crippen LogP contribution < -0.4 is 5.73 Å². The minimum absolute atomic E-state index is 0.256. The third-order valence-electron chi connectivity index (χ3n) is 1.82. The molecule has 0 fully saturated rings. The monoisotopic (exact) mass is 189 g/mol. The maximum atomic E-state index is 11.1. The third-order valence-corrected chi connectivity index (χ3v) is 2.44. The van der Waals surface area contributed by atoms with Gasteiger partial charge in [0.25, 0.3) is 0 Å². The lowest BCUT2D eigenvalue weighted by atomic mass is 9.95. The molecule has 0 amide bonds. The molecule has 0 spiro atoms. The van der Waals surface area contributed by atoms with Gasteiger partial charge in [0.2, 0.25) is 0 Å². The molecule has 2 nitrogen and oxygen atoms in total. The Bertz CT molecular complexity index is 136. The van der Waals surface area contributed by atoms with E-state index in [-0.39, 0.29) is 5.12 Å². The Kier molecular flexibility index (Phi) is 6.48. The normalized spacial score (nSPS) is 13.4. The average Bonchev–Trinajstić information content (AvgIpc) is 2.02.